The molecule has 0 saturated carbocycles. The quantitative estimate of drug-likeness (QED) is 0.177. The van der Waals surface area contributed by atoms with Gasteiger partial charge in [-0.1, -0.05) is 93.8 Å². The summed E-state index contributed by atoms with van der Waals surface area (Å²) in [7, 11) is 0. The molecule has 0 radical (unpaired) electrons. The number of benzene rings is 2. The number of aryl methyl sites for hydroxylation is 1. The maximum Gasteiger partial charge on any atom is 0.408 e. The van der Waals surface area contributed by atoms with Crippen LogP contribution in [0, 0.1) is 12.8 Å². The van der Waals surface area contributed by atoms with E-state index in [4.69, 9.17) is 9.47 Å². The summed E-state index contributed by atoms with van der Waals surface area (Å²) in [5.74, 6) is -1.79. The second-order valence-electron chi connectivity index (χ2n) is 14.2. The zero-order valence-corrected chi connectivity index (χ0v) is 29.4. The number of unbranched alkanes of at least 4 members (excludes halogenated alkanes) is 2. The van der Waals surface area contributed by atoms with Gasteiger partial charge in [0.25, 0.3) is 0 Å². The van der Waals surface area contributed by atoms with E-state index in [1.165, 1.54) is 4.90 Å². The topological polar surface area (TPSA) is 114 Å². The van der Waals surface area contributed by atoms with E-state index >= 15 is 0 Å². The fourth-order valence-electron chi connectivity index (χ4n) is 5.01. The Labute approximate surface area is 275 Å². The molecule has 3 unspecified atom stereocenters. The van der Waals surface area contributed by atoms with Crippen LogP contribution < -0.4 is 10.6 Å². The third kappa shape index (κ3) is 12.9. The Hall–Kier alpha value is -3.88. The number of nitrogens with zero attached hydrogens (tertiary/aromatic N) is 1. The van der Waals surface area contributed by atoms with Gasteiger partial charge in [-0.05, 0) is 71.9 Å². The highest BCUT2D eigenvalue weighted by Crippen LogP contribution is 2.26. The van der Waals surface area contributed by atoms with E-state index in [2.05, 4.69) is 17.6 Å². The number of alkyl carbamates (subject to hydrolysis) is 1. The molecular weight excluding hydrogens is 582 g/mol. The van der Waals surface area contributed by atoms with Crippen molar-refractivity contribution in [2.75, 3.05) is 6.54 Å². The number of ether oxygens (including phenoxy) is 2. The number of nitrogens with one attached hydrogen (secondary N) is 2. The number of carbonyl (C=O) groups is 4. The molecule has 0 aliphatic carbocycles. The van der Waals surface area contributed by atoms with Crippen molar-refractivity contribution in [1.82, 2.24) is 15.5 Å². The molecule has 9 nitrogen and oxygen atoms in total. The van der Waals surface area contributed by atoms with E-state index in [1.54, 1.807) is 41.5 Å². The van der Waals surface area contributed by atoms with Crippen molar-refractivity contribution in [3.05, 3.63) is 71.3 Å². The standard InChI is InChI=1S/C37H55N3O6/c1-11-12-16-22-40(33(42)30(25(2)3)39-35(44)46-37(8,9)10)31(28-21-17-18-26(4)23-28)32(41)38-29(34(43)45-36(5,6)7)24-27-19-14-13-15-20-27/h13-15,17-21,23,25,29-31H,11-12,16,22,24H2,1-10H3,(H,38,41)(H,39,44). The maximum absolute atomic E-state index is 14.5. The van der Waals surface area contributed by atoms with E-state index in [-0.39, 0.29) is 18.9 Å². The summed E-state index contributed by atoms with van der Waals surface area (Å²) in [6, 6.07) is 13.8. The zero-order valence-electron chi connectivity index (χ0n) is 29.4. The van der Waals surface area contributed by atoms with Crippen molar-refractivity contribution >= 4 is 23.9 Å². The Balaban J connectivity index is 2.61. The monoisotopic (exact) mass is 637 g/mol. The first-order valence-corrected chi connectivity index (χ1v) is 16.4. The molecule has 0 saturated heterocycles. The summed E-state index contributed by atoms with van der Waals surface area (Å²) >= 11 is 0. The highest BCUT2D eigenvalue weighted by atomic mass is 16.6. The Kier molecular flexibility index (Phi) is 14.3. The van der Waals surface area contributed by atoms with Crippen molar-refractivity contribution in [3.8, 4) is 0 Å². The molecule has 3 atom stereocenters. The molecule has 0 aliphatic heterocycles. The van der Waals surface area contributed by atoms with Gasteiger partial charge in [0.1, 0.15) is 29.3 Å². The molecule has 254 valence electrons. The lowest BCUT2D eigenvalue weighted by atomic mass is 9.97. The lowest BCUT2D eigenvalue weighted by molar-refractivity contribution is -0.159. The number of hydrogen-bond donors (Lipinski definition) is 2. The Morgan fingerprint density at radius 1 is 0.826 bits per heavy atom. The van der Waals surface area contributed by atoms with Gasteiger partial charge in [0.15, 0.2) is 0 Å². The molecule has 9 heteroatoms. The van der Waals surface area contributed by atoms with Crippen molar-refractivity contribution in [2.24, 2.45) is 5.92 Å². The van der Waals surface area contributed by atoms with Crippen LogP contribution in [0.25, 0.3) is 0 Å². The maximum atomic E-state index is 14.5. The summed E-state index contributed by atoms with van der Waals surface area (Å²) < 4.78 is 11.2. The van der Waals surface area contributed by atoms with E-state index < -0.39 is 53.2 Å². The lowest BCUT2D eigenvalue weighted by Gasteiger charge is -2.36. The van der Waals surface area contributed by atoms with Gasteiger partial charge in [-0.2, -0.15) is 0 Å². The molecule has 2 rings (SSSR count). The molecule has 3 amide bonds. The number of esters is 1. The number of amides is 3. The third-order valence-corrected chi connectivity index (χ3v) is 7.10. The molecule has 2 aromatic carbocycles. The summed E-state index contributed by atoms with van der Waals surface area (Å²) in [5, 5.41) is 5.71. The average molecular weight is 638 g/mol. The second kappa shape index (κ2) is 17.2. The molecule has 0 bridgehead atoms. The van der Waals surface area contributed by atoms with Crippen LogP contribution in [0.15, 0.2) is 54.6 Å². The van der Waals surface area contributed by atoms with Crippen LogP contribution in [0.4, 0.5) is 4.79 Å². The smallest absolute Gasteiger partial charge is 0.408 e. The molecule has 46 heavy (non-hydrogen) atoms. The third-order valence-electron chi connectivity index (χ3n) is 7.10. The van der Waals surface area contributed by atoms with Crippen LogP contribution >= 0.6 is 0 Å². The van der Waals surface area contributed by atoms with Crippen LogP contribution in [-0.2, 0) is 30.3 Å². The molecule has 2 N–H and O–H groups in total. The highest BCUT2D eigenvalue weighted by Gasteiger charge is 2.39. The number of rotatable bonds is 14. The Bertz CT molecular complexity index is 1300. The summed E-state index contributed by atoms with van der Waals surface area (Å²) in [4.78, 5) is 56.8. The molecule has 0 spiro atoms. The van der Waals surface area contributed by atoms with Gasteiger partial charge in [-0.15, -0.1) is 0 Å². The normalized spacial score (nSPS) is 13.7. The zero-order chi connectivity index (χ0) is 34.7. The van der Waals surface area contributed by atoms with Crippen molar-refractivity contribution in [2.45, 2.75) is 124 Å². The predicted molar refractivity (Wildman–Crippen MR) is 181 cm³/mol. The van der Waals surface area contributed by atoms with Crippen molar-refractivity contribution < 1.29 is 28.7 Å². The van der Waals surface area contributed by atoms with Gasteiger partial charge < -0.3 is 25.0 Å². The van der Waals surface area contributed by atoms with Gasteiger partial charge in [0, 0.05) is 13.0 Å². The second-order valence-corrected chi connectivity index (χ2v) is 14.2. The lowest BCUT2D eigenvalue weighted by Crippen LogP contribution is -2.56. The first-order valence-electron chi connectivity index (χ1n) is 16.4. The predicted octanol–water partition coefficient (Wildman–Crippen LogP) is 6.67. The first kappa shape index (κ1) is 38.3. The molecular formula is C37H55N3O6. The minimum Gasteiger partial charge on any atom is -0.458 e. The van der Waals surface area contributed by atoms with E-state index in [0.717, 1.165) is 24.0 Å². The van der Waals surface area contributed by atoms with E-state index in [0.29, 0.717) is 12.0 Å². The van der Waals surface area contributed by atoms with Crippen molar-refractivity contribution in [3.63, 3.8) is 0 Å². The van der Waals surface area contributed by atoms with Crippen LogP contribution in [0.1, 0.15) is 104 Å². The molecule has 0 fully saturated rings. The molecule has 0 aromatic heterocycles. The Morgan fingerprint density at radius 2 is 1.46 bits per heavy atom. The van der Waals surface area contributed by atoms with Crippen LogP contribution in [0.5, 0.6) is 0 Å². The number of carbonyl (C=O) groups excluding carboxylic acids is 4. The molecule has 2 aromatic rings. The fraction of sp³-hybridized carbons (Fsp3) is 0.568. The van der Waals surface area contributed by atoms with Gasteiger partial charge >= 0.3 is 12.1 Å². The Morgan fingerprint density at radius 3 is 2.00 bits per heavy atom. The van der Waals surface area contributed by atoms with Crippen LogP contribution in [0.2, 0.25) is 0 Å². The van der Waals surface area contributed by atoms with E-state index in [9.17, 15) is 19.2 Å². The first-order chi connectivity index (χ1) is 21.4. The van der Waals surface area contributed by atoms with Gasteiger partial charge in [0.05, 0.1) is 0 Å². The largest absolute Gasteiger partial charge is 0.458 e. The SMILES string of the molecule is CCCCCN(C(=O)C(NC(=O)OC(C)(C)C)C(C)C)C(C(=O)NC(Cc1ccccc1)C(=O)OC(C)(C)C)c1cccc(C)c1. The summed E-state index contributed by atoms with van der Waals surface area (Å²) in [6.45, 7) is 18.5. The minimum absolute atomic E-state index is 0.209. The highest BCUT2D eigenvalue weighted by molar-refractivity contribution is 5.94. The minimum atomic E-state index is -1.08. The van der Waals surface area contributed by atoms with E-state index in [1.807, 2.05) is 75.4 Å². The molecule has 0 heterocycles. The van der Waals surface area contributed by atoms with Gasteiger partial charge in [0.2, 0.25) is 11.8 Å². The molecule has 0 aliphatic rings. The number of hydrogen-bond acceptors (Lipinski definition) is 6. The van der Waals surface area contributed by atoms with Crippen LogP contribution in [-0.4, -0.2) is 58.6 Å². The fourth-order valence-corrected chi connectivity index (χ4v) is 5.01. The van der Waals surface area contributed by atoms with Crippen molar-refractivity contribution in [1.29, 1.82) is 0 Å². The van der Waals surface area contributed by atoms with Gasteiger partial charge in [-0.25, -0.2) is 9.59 Å². The van der Waals surface area contributed by atoms with Crippen LogP contribution in [0.3, 0.4) is 0 Å². The average Bonchev–Trinajstić information content (AvgIpc) is 2.93. The summed E-state index contributed by atoms with van der Waals surface area (Å²) in [5.41, 5.74) is 0.839. The summed E-state index contributed by atoms with van der Waals surface area (Å²) in [6.07, 6.45) is 1.89. The van der Waals surface area contributed by atoms with Gasteiger partial charge in [-0.3, -0.25) is 9.59 Å².